The van der Waals surface area contributed by atoms with Crippen LogP contribution in [0.5, 0.6) is 0 Å². The average molecular weight is 206 g/mol. The molecule has 0 radical (unpaired) electrons. The van der Waals surface area contributed by atoms with Gasteiger partial charge in [0.05, 0.1) is 0 Å². The van der Waals surface area contributed by atoms with E-state index in [-0.39, 0.29) is 0 Å². The van der Waals surface area contributed by atoms with Gasteiger partial charge in [-0.05, 0) is 18.6 Å². The normalized spacial score (nSPS) is 11.1. The monoisotopic (exact) mass is 206 g/mol. The number of aromatic nitrogens is 1. The van der Waals surface area contributed by atoms with E-state index in [9.17, 15) is 0 Å². The van der Waals surface area contributed by atoms with Gasteiger partial charge in [-0.1, -0.05) is 24.3 Å². The van der Waals surface area contributed by atoms with Crippen molar-refractivity contribution < 1.29 is 4.57 Å². The lowest BCUT2D eigenvalue weighted by molar-refractivity contribution is -0.672. The quantitative estimate of drug-likeness (QED) is 0.664. The second-order valence-electron chi connectivity index (χ2n) is 3.74. The molecule has 0 bridgehead atoms. The Kier molecular flexibility index (Phi) is 2.55. The zero-order valence-corrected chi connectivity index (χ0v) is 9.82. The summed E-state index contributed by atoms with van der Waals surface area (Å²) >= 11 is 1.89. The molecule has 0 aliphatic rings. The molecule has 0 saturated carbocycles. The summed E-state index contributed by atoms with van der Waals surface area (Å²) in [6.45, 7) is 7.72. The van der Waals surface area contributed by atoms with Gasteiger partial charge in [0.2, 0.25) is 10.5 Å². The highest BCUT2D eigenvalue weighted by Crippen LogP contribution is 2.20. The van der Waals surface area contributed by atoms with Crippen LogP contribution in [0.2, 0.25) is 0 Å². The predicted octanol–water partition coefficient (Wildman–Crippen LogP) is 3.22. The maximum Gasteiger partial charge on any atom is 0.235 e. The lowest BCUT2D eigenvalue weighted by Gasteiger charge is -1.94. The fourth-order valence-electron chi connectivity index (χ4n) is 1.81. The molecule has 0 aliphatic heterocycles. The molecule has 1 nitrogen and oxygen atoms in total. The molecule has 0 saturated heterocycles. The third-order valence-electron chi connectivity index (χ3n) is 2.49. The molecule has 1 aromatic heterocycles. The molecule has 1 aromatic carbocycles. The summed E-state index contributed by atoms with van der Waals surface area (Å²) in [6, 6.07) is 6.71. The molecule has 0 unspecified atom stereocenters. The lowest BCUT2D eigenvalue weighted by Crippen LogP contribution is -2.34. The Morgan fingerprint density at radius 1 is 1.29 bits per heavy atom. The van der Waals surface area contributed by atoms with Crippen molar-refractivity contribution in [3.63, 3.8) is 0 Å². The number of fused-ring (bicyclic) bond motifs is 1. The molecule has 2 aromatic rings. The van der Waals surface area contributed by atoms with Crippen molar-refractivity contribution in [3.05, 3.63) is 28.8 Å². The summed E-state index contributed by atoms with van der Waals surface area (Å²) in [4.78, 5) is 0. The van der Waals surface area contributed by atoms with Crippen LogP contribution in [0.4, 0.5) is 0 Å². The first-order valence-electron chi connectivity index (χ1n) is 5.12. The van der Waals surface area contributed by atoms with Crippen molar-refractivity contribution in [2.75, 3.05) is 0 Å². The van der Waals surface area contributed by atoms with Crippen molar-refractivity contribution in [2.45, 2.75) is 33.7 Å². The molecular weight excluding hydrogens is 190 g/mol. The standard InChI is InChI=1S/C12H16NS/c1-4-7-13-10(3)14-12-6-5-9(2)8-11(12)13/h5-6,8H,4,7H2,1-3H3/q+1. The minimum Gasteiger partial charge on any atom is -0.186 e. The third-order valence-corrected chi connectivity index (χ3v) is 3.57. The summed E-state index contributed by atoms with van der Waals surface area (Å²) < 4.78 is 3.83. The second-order valence-corrected chi connectivity index (χ2v) is 4.98. The Balaban J connectivity index is 2.66. The van der Waals surface area contributed by atoms with Gasteiger partial charge in [-0.15, -0.1) is 0 Å². The van der Waals surface area contributed by atoms with Crippen LogP contribution >= 0.6 is 11.3 Å². The van der Waals surface area contributed by atoms with Crippen molar-refractivity contribution in [1.29, 1.82) is 0 Å². The summed E-state index contributed by atoms with van der Waals surface area (Å²) in [7, 11) is 0. The van der Waals surface area contributed by atoms with Gasteiger partial charge < -0.3 is 0 Å². The van der Waals surface area contributed by atoms with Gasteiger partial charge in [-0.25, -0.2) is 0 Å². The Bertz CT molecular complexity index is 457. The molecule has 1 heterocycles. The van der Waals surface area contributed by atoms with Gasteiger partial charge in [0.25, 0.3) is 0 Å². The first-order chi connectivity index (χ1) is 6.72. The molecule has 0 amide bonds. The molecule has 14 heavy (non-hydrogen) atoms. The van der Waals surface area contributed by atoms with Crippen molar-refractivity contribution in [3.8, 4) is 0 Å². The summed E-state index contributed by atoms with van der Waals surface area (Å²) in [5, 5.41) is 1.41. The van der Waals surface area contributed by atoms with Crippen molar-refractivity contribution in [1.82, 2.24) is 0 Å². The minimum absolute atomic E-state index is 1.13. The number of hydrogen-bond donors (Lipinski definition) is 0. The molecule has 74 valence electrons. The SMILES string of the molecule is CCC[n+]1c(C)sc2ccc(C)cc21. The third kappa shape index (κ3) is 1.55. The first-order valence-corrected chi connectivity index (χ1v) is 5.93. The Morgan fingerprint density at radius 3 is 2.79 bits per heavy atom. The van der Waals surface area contributed by atoms with E-state index in [2.05, 4.69) is 43.5 Å². The number of rotatable bonds is 2. The van der Waals surface area contributed by atoms with Crippen LogP contribution in [0.1, 0.15) is 23.9 Å². The molecule has 2 heteroatoms. The van der Waals surface area contributed by atoms with E-state index in [1.165, 1.54) is 27.2 Å². The maximum atomic E-state index is 2.42. The maximum absolute atomic E-state index is 2.42. The van der Waals surface area contributed by atoms with E-state index in [1.54, 1.807) is 0 Å². The van der Waals surface area contributed by atoms with Crippen molar-refractivity contribution >= 4 is 21.6 Å². The van der Waals surface area contributed by atoms with Gasteiger partial charge in [-0.3, -0.25) is 0 Å². The zero-order chi connectivity index (χ0) is 10.1. The van der Waals surface area contributed by atoms with E-state index < -0.39 is 0 Å². The van der Waals surface area contributed by atoms with Gasteiger partial charge in [-0.2, -0.15) is 4.57 Å². The molecule has 2 rings (SSSR count). The largest absolute Gasteiger partial charge is 0.235 e. The smallest absolute Gasteiger partial charge is 0.186 e. The second kappa shape index (κ2) is 3.70. The molecular formula is C12H16NS+. The Hall–Kier alpha value is -0.890. The fraction of sp³-hybridized carbons (Fsp3) is 0.417. The topological polar surface area (TPSA) is 3.88 Å². The van der Waals surface area contributed by atoms with Crippen LogP contribution < -0.4 is 4.57 Å². The number of nitrogens with zero attached hydrogens (tertiary/aromatic N) is 1. The summed E-state index contributed by atoms with van der Waals surface area (Å²) in [5.74, 6) is 0. The Labute approximate surface area is 89.0 Å². The molecule has 0 fully saturated rings. The average Bonchev–Trinajstić information content (AvgIpc) is 2.45. The van der Waals surface area contributed by atoms with Crippen LogP contribution in [0.25, 0.3) is 10.2 Å². The Morgan fingerprint density at radius 2 is 2.07 bits per heavy atom. The summed E-state index contributed by atoms with van der Waals surface area (Å²) in [5.41, 5.74) is 2.74. The van der Waals surface area contributed by atoms with Gasteiger partial charge in [0.1, 0.15) is 11.2 Å². The highest BCUT2D eigenvalue weighted by atomic mass is 32.1. The van der Waals surface area contributed by atoms with E-state index in [0.29, 0.717) is 0 Å². The molecule has 0 N–H and O–H groups in total. The van der Waals surface area contributed by atoms with Crippen LogP contribution in [-0.2, 0) is 6.54 Å². The lowest BCUT2D eigenvalue weighted by atomic mass is 10.2. The highest BCUT2D eigenvalue weighted by molar-refractivity contribution is 7.18. The highest BCUT2D eigenvalue weighted by Gasteiger charge is 2.15. The molecule has 0 spiro atoms. The van der Waals surface area contributed by atoms with Gasteiger partial charge in [0, 0.05) is 19.4 Å². The van der Waals surface area contributed by atoms with E-state index in [0.717, 1.165) is 6.54 Å². The fourth-order valence-corrected chi connectivity index (χ4v) is 2.84. The zero-order valence-electron chi connectivity index (χ0n) is 9.00. The number of aryl methyl sites for hydroxylation is 3. The van der Waals surface area contributed by atoms with Crippen LogP contribution in [0, 0.1) is 13.8 Å². The van der Waals surface area contributed by atoms with Crippen LogP contribution in [0.3, 0.4) is 0 Å². The summed E-state index contributed by atoms with van der Waals surface area (Å²) in [6.07, 6.45) is 1.20. The van der Waals surface area contributed by atoms with E-state index in [4.69, 9.17) is 0 Å². The van der Waals surface area contributed by atoms with Crippen LogP contribution in [0.15, 0.2) is 18.2 Å². The van der Waals surface area contributed by atoms with Gasteiger partial charge in [0.15, 0.2) is 0 Å². The van der Waals surface area contributed by atoms with E-state index >= 15 is 0 Å². The number of thiazole rings is 1. The first kappa shape index (κ1) is 9.66. The number of benzene rings is 1. The molecule has 0 aliphatic carbocycles. The number of hydrogen-bond acceptors (Lipinski definition) is 1. The van der Waals surface area contributed by atoms with E-state index in [1.807, 2.05) is 11.3 Å². The predicted molar refractivity (Wildman–Crippen MR) is 61.8 cm³/mol. The minimum atomic E-state index is 1.13. The van der Waals surface area contributed by atoms with Gasteiger partial charge >= 0.3 is 0 Å². The van der Waals surface area contributed by atoms with Crippen LogP contribution in [-0.4, -0.2) is 0 Å². The molecule has 0 atom stereocenters. The van der Waals surface area contributed by atoms with Crippen molar-refractivity contribution in [2.24, 2.45) is 0 Å².